The van der Waals surface area contributed by atoms with Crippen molar-refractivity contribution in [3.8, 4) is 0 Å². The van der Waals surface area contributed by atoms with E-state index in [4.69, 9.17) is 0 Å². The Morgan fingerprint density at radius 3 is 3.16 bits per heavy atom. The lowest BCUT2D eigenvalue weighted by Crippen LogP contribution is -2.38. The van der Waals surface area contributed by atoms with Gasteiger partial charge in [0.2, 0.25) is 0 Å². The number of amides is 1. The van der Waals surface area contributed by atoms with Crippen LogP contribution in [-0.4, -0.2) is 38.2 Å². The first-order valence-electron chi connectivity index (χ1n) is 6.42. The Balaban J connectivity index is 1.73. The van der Waals surface area contributed by atoms with Crippen molar-refractivity contribution in [2.45, 2.75) is 32.4 Å². The second-order valence-corrected chi connectivity index (χ2v) is 5.63. The van der Waals surface area contributed by atoms with Crippen LogP contribution >= 0.6 is 11.3 Å². The number of hydrogen-bond donors (Lipinski definition) is 0. The van der Waals surface area contributed by atoms with Crippen molar-refractivity contribution in [3.63, 3.8) is 0 Å². The van der Waals surface area contributed by atoms with Crippen LogP contribution < -0.4 is 0 Å². The van der Waals surface area contributed by atoms with Gasteiger partial charge in [0.15, 0.2) is 0 Å². The number of nitrogens with zero attached hydrogens (tertiary/aromatic N) is 4. The minimum Gasteiger partial charge on any atom is -0.332 e. The van der Waals surface area contributed by atoms with Gasteiger partial charge in [-0.3, -0.25) is 9.48 Å². The van der Waals surface area contributed by atoms with Gasteiger partial charge in [-0.2, -0.15) is 5.10 Å². The molecule has 1 aliphatic heterocycles. The van der Waals surface area contributed by atoms with Gasteiger partial charge in [0.05, 0.1) is 24.3 Å². The van der Waals surface area contributed by atoms with Crippen molar-refractivity contribution >= 4 is 17.2 Å². The first-order chi connectivity index (χ1) is 9.24. The third-order valence-electron chi connectivity index (χ3n) is 3.45. The zero-order valence-corrected chi connectivity index (χ0v) is 11.6. The van der Waals surface area contributed by atoms with Crippen LogP contribution in [0.5, 0.6) is 0 Å². The number of aryl methyl sites for hydroxylation is 1. The summed E-state index contributed by atoms with van der Waals surface area (Å²) >= 11 is 1.46. The normalized spacial score (nSPS) is 19.0. The Labute approximate surface area is 115 Å². The largest absolute Gasteiger partial charge is 0.332 e. The summed E-state index contributed by atoms with van der Waals surface area (Å²) in [6, 6.07) is 0.230. The maximum Gasteiger partial charge on any atom is 0.273 e. The molecular formula is C13H16N4OS. The summed E-state index contributed by atoms with van der Waals surface area (Å²) in [5, 5.41) is 6.12. The zero-order valence-electron chi connectivity index (χ0n) is 10.8. The third kappa shape index (κ3) is 2.53. The number of carbonyl (C=O) groups is 1. The topological polar surface area (TPSA) is 51.0 Å². The summed E-state index contributed by atoms with van der Waals surface area (Å²) in [6.07, 6.45) is 5.96. The van der Waals surface area contributed by atoms with Crippen LogP contribution in [0.3, 0.4) is 0 Å². The predicted octanol–water partition coefficient (Wildman–Crippen LogP) is 1.95. The minimum atomic E-state index is 0.0487. The van der Waals surface area contributed by atoms with Crippen LogP contribution in [0.25, 0.3) is 0 Å². The molecule has 1 saturated heterocycles. The van der Waals surface area contributed by atoms with Crippen molar-refractivity contribution in [2.24, 2.45) is 0 Å². The molecule has 0 saturated carbocycles. The Bertz CT molecular complexity index is 563. The maximum atomic E-state index is 12.4. The van der Waals surface area contributed by atoms with E-state index in [1.54, 1.807) is 5.51 Å². The summed E-state index contributed by atoms with van der Waals surface area (Å²) in [5.41, 5.74) is 3.42. The smallest absolute Gasteiger partial charge is 0.273 e. The molecule has 19 heavy (non-hydrogen) atoms. The molecule has 5 nitrogen and oxygen atoms in total. The number of likely N-dealkylation sites (tertiary alicyclic amines) is 1. The van der Waals surface area contributed by atoms with E-state index >= 15 is 0 Å². The van der Waals surface area contributed by atoms with Crippen LogP contribution in [-0.2, 0) is 6.54 Å². The van der Waals surface area contributed by atoms with E-state index in [1.807, 2.05) is 34.3 Å². The Morgan fingerprint density at radius 2 is 2.47 bits per heavy atom. The highest BCUT2D eigenvalue weighted by atomic mass is 32.1. The van der Waals surface area contributed by atoms with Gasteiger partial charge < -0.3 is 4.90 Å². The highest BCUT2D eigenvalue weighted by Gasteiger charge is 2.30. The Kier molecular flexibility index (Phi) is 3.33. The van der Waals surface area contributed by atoms with Gasteiger partial charge in [0.25, 0.3) is 5.91 Å². The molecule has 0 N–H and O–H groups in total. The summed E-state index contributed by atoms with van der Waals surface area (Å²) < 4.78 is 1.92. The van der Waals surface area contributed by atoms with Crippen molar-refractivity contribution in [1.29, 1.82) is 0 Å². The maximum absolute atomic E-state index is 12.4. The molecule has 0 aliphatic carbocycles. The SMILES string of the molecule is Cc1cnn(CC2CCCN2C(=O)c2cscn2)c1. The predicted molar refractivity (Wildman–Crippen MR) is 73.1 cm³/mol. The standard InChI is InChI=1S/C13H16N4OS/c1-10-5-15-16(6-10)7-11-3-2-4-17(11)13(18)12-8-19-9-14-12/h5-6,8-9,11H,2-4,7H2,1H3. The molecule has 2 aromatic heterocycles. The molecule has 100 valence electrons. The van der Waals surface area contributed by atoms with Gasteiger partial charge in [0, 0.05) is 18.1 Å². The molecule has 1 fully saturated rings. The fraction of sp³-hybridized carbons (Fsp3) is 0.462. The molecule has 6 heteroatoms. The fourth-order valence-corrected chi connectivity index (χ4v) is 3.07. The van der Waals surface area contributed by atoms with Crippen LogP contribution in [0.2, 0.25) is 0 Å². The molecule has 1 aliphatic rings. The van der Waals surface area contributed by atoms with E-state index in [2.05, 4.69) is 10.1 Å². The average Bonchev–Trinajstić information content (AvgIpc) is 3.10. The first-order valence-corrected chi connectivity index (χ1v) is 7.36. The molecule has 2 aromatic rings. The van der Waals surface area contributed by atoms with Gasteiger partial charge in [-0.05, 0) is 25.3 Å². The van der Waals surface area contributed by atoms with Crippen LogP contribution in [0.1, 0.15) is 28.9 Å². The van der Waals surface area contributed by atoms with Gasteiger partial charge in [-0.25, -0.2) is 4.98 Å². The minimum absolute atomic E-state index is 0.0487. The second-order valence-electron chi connectivity index (χ2n) is 4.91. The Hall–Kier alpha value is -1.69. The summed E-state index contributed by atoms with van der Waals surface area (Å²) in [4.78, 5) is 18.4. The Morgan fingerprint density at radius 1 is 1.58 bits per heavy atom. The summed E-state index contributed by atoms with van der Waals surface area (Å²) in [6.45, 7) is 3.61. The molecule has 1 amide bonds. The highest BCUT2D eigenvalue weighted by Crippen LogP contribution is 2.21. The molecule has 0 spiro atoms. The van der Waals surface area contributed by atoms with Gasteiger partial charge in [-0.1, -0.05) is 0 Å². The van der Waals surface area contributed by atoms with Crippen LogP contribution in [0.15, 0.2) is 23.3 Å². The summed E-state index contributed by atoms with van der Waals surface area (Å²) in [7, 11) is 0. The number of thiazole rings is 1. The molecule has 0 bridgehead atoms. The molecule has 3 rings (SSSR count). The number of carbonyl (C=O) groups excluding carboxylic acids is 1. The van der Waals surface area contributed by atoms with E-state index in [0.717, 1.165) is 31.5 Å². The van der Waals surface area contributed by atoms with E-state index in [0.29, 0.717) is 5.69 Å². The van der Waals surface area contributed by atoms with Gasteiger partial charge in [-0.15, -0.1) is 11.3 Å². The third-order valence-corrected chi connectivity index (χ3v) is 4.04. The lowest BCUT2D eigenvalue weighted by Gasteiger charge is -2.23. The fourth-order valence-electron chi connectivity index (χ4n) is 2.54. The molecular weight excluding hydrogens is 260 g/mol. The molecule has 1 atom stereocenters. The van der Waals surface area contributed by atoms with Crippen molar-refractivity contribution in [2.75, 3.05) is 6.54 Å². The van der Waals surface area contributed by atoms with Crippen molar-refractivity contribution in [3.05, 3.63) is 34.5 Å². The molecule has 0 aromatic carbocycles. The molecule has 3 heterocycles. The van der Waals surface area contributed by atoms with Gasteiger partial charge in [0.1, 0.15) is 5.69 Å². The molecule has 0 radical (unpaired) electrons. The van der Waals surface area contributed by atoms with E-state index in [9.17, 15) is 4.79 Å². The monoisotopic (exact) mass is 276 g/mol. The number of hydrogen-bond acceptors (Lipinski definition) is 4. The zero-order chi connectivity index (χ0) is 13.2. The molecule has 1 unspecified atom stereocenters. The van der Waals surface area contributed by atoms with E-state index in [-0.39, 0.29) is 11.9 Å². The lowest BCUT2D eigenvalue weighted by atomic mass is 10.2. The van der Waals surface area contributed by atoms with Crippen LogP contribution in [0, 0.1) is 6.92 Å². The average molecular weight is 276 g/mol. The van der Waals surface area contributed by atoms with Gasteiger partial charge >= 0.3 is 0 Å². The number of aromatic nitrogens is 3. The second kappa shape index (κ2) is 5.13. The first kappa shape index (κ1) is 12.3. The number of rotatable bonds is 3. The van der Waals surface area contributed by atoms with Crippen molar-refractivity contribution < 1.29 is 4.79 Å². The van der Waals surface area contributed by atoms with Crippen molar-refractivity contribution in [1.82, 2.24) is 19.7 Å². The highest BCUT2D eigenvalue weighted by molar-refractivity contribution is 7.07. The summed E-state index contributed by atoms with van der Waals surface area (Å²) in [5.74, 6) is 0.0487. The van der Waals surface area contributed by atoms with E-state index < -0.39 is 0 Å². The van der Waals surface area contributed by atoms with Crippen LogP contribution in [0.4, 0.5) is 0 Å². The quantitative estimate of drug-likeness (QED) is 0.861. The lowest BCUT2D eigenvalue weighted by molar-refractivity contribution is 0.0716. The van der Waals surface area contributed by atoms with E-state index in [1.165, 1.54) is 11.3 Å².